The van der Waals surface area contributed by atoms with Gasteiger partial charge in [-0.15, -0.1) is 0 Å². The van der Waals surface area contributed by atoms with Crippen LogP contribution in [0.15, 0.2) is 6.33 Å². The summed E-state index contributed by atoms with van der Waals surface area (Å²) < 4.78 is 1.91. The van der Waals surface area contributed by atoms with Crippen LogP contribution in [0.5, 0.6) is 0 Å². The molecule has 13 heavy (non-hydrogen) atoms. The summed E-state index contributed by atoms with van der Waals surface area (Å²) in [5.74, 6) is 2.90. The lowest BCUT2D eigenvalue weighted by molar-refractivity contribution is 0.632. The van der Waals surface area contributed by atoms with Gasteiger partial charge in [-0.2, -0.15) is 16.9 Å². The van der Waals surface area contributed by atoms with Crippen LogP contribution in [-0.4, -0.2) is 26.6 Å². The number of nitrogens with zero attached hydrogens (tertiary/aromatic N) is 3. The van der Waals surface area contributed by atoms with E-state index in [0.29, 0.717) is 0 Å². The number of aromatic nitrogens is 3. The molecular formula is C8H16N4S. The molecule has 1 rings (SSSR count). The number of nitrogens with two attached hydrogens (primary N) is 1. The predicted molar refractivity (Wildman–Crippen MR) is 55.5 cm³/mol. The first-order valence-electron chi connectivity index (χ1n) is 4.44. The third-order valence-electron chi connectivity index (χ3n) is 1.61. The molecule has 74 valence electrons. The Hall–Kier alpha value is -0.550. The molecule has 1 heterocycles. The molecule has 0 radical (unpaired) electrons. The van der Waals surface area contributed by atoms with Gasteiger partial charge in [-0.1, -0.05) is 0 Å². The molecule has 0 bridgehead atoms. The second-order valence-electron chi connectivity index (χ2n) is 2.98. The number of hydrogen-bond acceptors (Lipinski definition) is 4. The highest BCUT2D eigenvalue weighted by atomic mass is 32.2. The maximum absolute atomic E-state index is 5.64. The minimum atomic E-state index is 0.253. The van der Waals surface area contributed by atoms with Crippen molar-refractivity contribution in [2.24, 2.45) is 5.73 Å². The van der Waals surface area contributed by atoms with Gasteiger partial charge >= 0.3 is 0 Å². The van der Waals surface area contributed by atoms with Gasteiger partial charge in [0, 0.05) is 18.3 Å². The summed E-state index contributed by atoms with van der Waals surface area (Å²) in [5, 5.41) is 4.09. The Bertz CT molecular complexity index is 246. The molecule has 0 aliphatic heterocycles. The predicted octanol–water partition coefficient (Wildman–Crippen LogP) is 0.878. The average Bonchev–Trinajstić information content (AvgIpc) is 2.51. The summed E-state index contributed by atoms with van der Waals surface area (Å²) in [4.78, 5) is 4.17. The molecule has 0 aromatic carbocycles. The summed E-state index contributed by atoms with van der Waals surface area (Å²) in [6, 6.07) is 0.253. The van der Waals surface area contributed by atoms with Gasteiger partial charge in [0.15, 0.2) is 0 Å². The highest BCUT2D eigenvalue weighted by molar-refractivity contribution is 7.98. The Balaban J connectivity index is 2.36. The third-order valence-corrected chi connectivity index (χ3v) is 2.83. The summed E-state index contributed by atoms with van der Waals surface area (Å²) in [6.07, 6.45) is 1.60. The molecule has 4 nitrogen and oxygen atoms in total. The van der Waals surface area contributed by atoms with Crippen molar-refractivity contribution in [2.75, 3.05) is 5.75 Å². The normalized spacial score (nSPS) is 13.2. The minimum absolute atomic E-state index is 0.253. The highest BCUT2D eigenvalue weighted by Crippen LogP contribution is 2.09. The van der Waals surface area contributed by atoms with Crippen LogP contribution < -0.4 is 5.73 Å². The molecule has 0 amide bonds. The van der Waals surface area contributed by atoms with Gasteiger partial charge in [-0.3, -0.25) is 0 Å². The van der Waals surface area contributed by atoms with Gasteiger partial charge in [0.2, 0.25) is 0 Å². The molecule has 1 aromatic rings. The highest BCUT2D eigenvalue weighted by Gasteiger charge is 2.02. The smallest absolute Gasteiger partial charge is 0.138 e. The topological polar surface area (TPSA) is 56.7 Å². The van der Waals surface area contributed by atoms with Crippen molar-refractivity contribution in [1.82, 2.24) is 14.8 Å². The maximum Gasteiger partial charge on any atom is 0.138 e. The van der Waals surface area contributed by atoms with Crippen molar-refractivity contribution in [2.45, 2.75) is 32.2 Å². The van der Waals surface area contributed by atoms with E-state index >= 15 is 0 Å². The van der Waals surface area contributed by atoms with Crippen LogP contribution in [-0.2, 0) is 12.3 Å². The zero-order chi connectivity index (χ0) is 9.68. The summed E-state index contributed by atoms with van der Waals surface area (Å²) in [6.45, 7) is 4.96. The first-order valence-corrected chi connectivity index (χ1v) is 5.59. The Morgan fingerprint density at radius 3 is 3.08 bits per heavy atom. The van der Waals surface area contributed by atoms with E-state index in [9.17, 15) is 0 Å². The van der Waals surface area contributed by atoms with Crippen molar-refractivity contribution in [1.29, 1.82) is 0 Å². The monoisotopic (exact) mass is 200 g/mol. The van der Waals surface area contributed by atoms with Crippen LogP contribution in [0.1, 0.15) is 19.7 Å². The van der Waals surface area contributed by atoms with E-state index in [1.54, 1.807) is 18.1 Å². The number of aryl methyl sites for hydroxylation is 1. The molecule has 0 saturated carbocycles. The maximum atomic E-state index is 5.64. The van der Waals surface area contributed by atoms with Crippen molar-refractivity contribution >= 4 is 11.8 Å². The summed E-state index contributed by atoms with van der Waals surface area (Å²) in [7, 11) is 0. The van der Waals surface area contributed by atoms with Crippen LogP contribution in [0.25, 0.3) is 0 Å². The van der Waals surface area contributed by atoms with Crippen LogP contribution in [0.4, 0.5) is 0 Å². The zero-order valence-electron chi connectivity index (χ0n) is 8.10. The van der Waals surface area contributed by atoms with Crippen LogP contribution >= 0.6 is 11.8 Å². The standard InChI is InChI=1S/C8H16N4S/c1-3-12-8(10-6-11-12)5-13-4-7(2)9/h6-7H,3-5,9H2,1-2H3. The first-order chi connectivity index (χ1) is 6.24. The molecule has 2 N–H and O–H groups in total. The van der Waals surface area contributed by atoms with E-state index in [1.165, 1.54) is 0 Å². The van der Waals surface area contributed by atoms with Crippen molar-refractivity contribution in [3.63, 3.8) is 0 Å². The van der Waals surface area contributed by atoms with Crippen LogP contribution in [0.3, 0.4) is 0 Å². The molecular weight excluding hydrogens is 184 g/mol. The Labute approximate surface area is 82.9 Å². The summed E-state index contributed by atoms with van der Waals surface area (Å²) in [5.41, 5.74) is 5.64. The fourth-order valence-electron chi connectivity index (χ4n) is 1.00. The lowest BCUT2D eigenvalue weighted by Gasteiger charge is -2.04. The van der Waals surface area contributed by atoms with E-state index in [-0.39, 0.29) is 6.04 Å². The Morgan fingerprint density at radius 2 is 2.46 bits per heavy atom. The SMILES string of the molecule is CCn1ncnc1CSCC(C)N. The van der Waals surface area contributed by atoms with E-state index in [2.05, 4.69) is 17.0 Å². The van der Waals surface area contributed by atoms with Crippen molar-refractivity contribution in [3.05, 3.63) is 12.2 Å². The molecule has 1 unspecified atom stereocenters. The fraction of sp³-hybridized carbons (Fsp3) is 0.750. The van der Waals surface area contributed by atoms with E-state index in [4.69, 9.17) is 5.73 Å². The minimum Gasteiger partial charge on any atom is -0.327 e. The van der Waals surface area contributed by atoms with Gasteiger partial charge < -0.3 is 5.73 Å². The summed E-state index contributed by atoms with van der Waals surface area (Å²) >= 11 is 1.80. The third kappa shape index (κ3) is 3.36. The second-order valence-corrected chi connectivity index (χ2v) is 4.01. The van der Waals surface area contributed by atoms with E-state index in [0.717, 1.165) is 23.9 Å². The van der Waals surface area contributed by atoms with Gasteiger partial charge in [-0.25, -0.2) is 9.67 Å². The lowest BCUT2D eigenvalue weighted by Crippen LogP contribution is -2.17. The van der Waals surface area contributed by atoms with Gasteiger partial charge in [0.05, 0.1) is 5.75 Å². The van der Waals surface area contributed by atoms with Crippen LogP contribution in [0.2, 0.25) is 0 Å². The Kier molecular flexibility index (Phi) is 4.24. The van der Waals surface area contributed by atoms with Crippen molar-refractivity contribution in [3.8, 4) is 0 Å². The molecule has 5 heteroatoms. The zero-order valence-corrected chi connectivity index (χ0v) is 8.92. The number of hydrogen-bond donors (Lipinski definition) is 1. The first kappa shape index (κ1) is 10.5. The molecule has 0 fully saturated rings. The van der Waals surface area contributed by atoms with Gasteiger partial charge in [-0.05, 0) is 13.8 Å². The number of thioether (sulfide) groups is 1. The molecule has 0 saturated heterocycles. The quantitative estimate of drug-likeness (QED) is 0.766. The Morgan fingerprint density at radius 1 is 1.69 bits per heavy atom. The molecule has 0 aliphatic carbocycles. The molecule has 0 spiro atoms. The fourth-order valence-corrected chi connectivity index (χ4v) is 1.90. The molecule has 0 aliphatic rings. The second kappa shape index (κ2) is 5.24. The van der Waals surface area contributed by atoms with Crippen molar-refractivity contribution < 1.29 is 0 Å². The average molecular weight is 200 g/mol. The molecule has 1 atom stereocenters. The lowest BCUT2D eigenvalue weighted by atomic mass is 10.4. The number of rotatable bonds is 5. The van der Waals surface area contributed by atoms with Crippen LogP contribution in [0, 0.1) is 0 Å². The van der Waals surface area contributed by atoms with E-state index < -0.39 is 0 Å². The van der Waals surface area contributed by atoms with E-state index in [1.807, 2.05) is 11.6 Å². The largest absolute Gasteiger partial charge is 0.327 e. The molecule has 1 aromatic heterocycles. The van der Waals surface area contributed by atoms with Gasteiger partial charge in [0.25, 0.3) is 0 Å². The van der Waals surface area contributed by atoms with Gasteiger partial charge in [0.1, 0.15) is 12.2 Å².